The van der Waals surface area contributed by atoms with Crippen LogP contribution >= 0.6 is 11.6 Å². The van der Waals surface area contributed by atoms with Gasteiger partial charge in [0, 0.05) is 6.04 Å². The monoisotopic (exact) mass is 309 g/mol. The molecule has 0 saturated carbocycles. The third-order valence-corrected chi connectivity index (χ3v) is 4.47. The Bertz CT molecular complexity index is 484. The molecule has 1 N–H and O–H groups in total. The van der Waals surface area contributed by atoms with Crippen molar-refractivity contribution < 1.29 is 4.39 Å². The standard InChI is InChI=1S/C18H25ClFN/c1-2-21-17(14-9-6-4-3-5-7-10-14)13-15-11-8-12-16(19)18(15)20/h8-9,11-12,17,21H,2-7,10,13H2,1H3/b14-9+. The van der Waals surface area contributed by atoms with E-state index >= 15 is 0 Å². The van der Waals surface area contributed by atoms with E-state index in [1.165, 1.54) is 31.3 Å². The summed E-state index contributed by atoms with van der Waals surface area (Å²) in [6.07, 6.45) is 10.5. The first-order valence-electron chi connectivity index (χ1n) is 8.07. The van der Waals surface area contributed by atoms with E-state index in [1.54, 1.807) is 6.07 Å². The van der Waals surface area contributed by atoms with Gasteiger partial charge in [0.2, 0.25) is 0 Å². The Labute approximate surface area is 132 Å². The highest BCUT2D eigenvalue weighted by atomic mass is 35.5. The number of allylic oxidation sites excluding steroid dienone is 1. The summed E-state index contributed by atoms with van der Waals surface area (Å²) in [4.78, 5) is 0. The predicted octanol–water partition coefficient (Wildman–Crippen LogP) is 5.28. The summed E-state index contributed by atoms with van der Waals surface area (Å²) in [6.45, 7) is 3.00. The van der Waals surface area contributed by atoms with Gasteiger partial charge < -0.3 is 5.32 Å². The molecular weight excluding hydrogens is 285 g/mol. The fraction of sp³-hybridized carbons (Fsp3) is 0.556. The average Bonchev–Trinajstić information content (AvgIpc) is 2.43. The van der Waals surface area contributed by atoms with Crippen molar-refractivity contribution in [2.45, 2.75) is 57.9 Å². The van der Waals surface area contributed by atoms with E-state index in [4.69, 9.17) is 11.6 Å². The number of likely N-dealkylation sites (N-methyl/N-ethyl adjacent to an activating group) is 1. The van der Waals surface area contributed by atoms with Crippen molar-refractivity contribution in [3.05, 3.63) is 46.3 Å². The smallest absolute Gasteiger partial charge is 0.145 e. The summed E-state index contributed by atoms with van der Waals surface area (Å²) in [5.41, 5.74) is 2.15. The van der Waals surface area contributed by atoms with E-state index in [1.807, 2.05) is 12.1 Å². The molecule has 2 rings (SSSR count). The zero-order chi connectivity index (χ0) is 15.1. The molecule has 1 nitrogen and oxygen atoms in total. The normalized spacial score (nSPS) is 20.2. The molecule has 0 bridgehead atoms. The van der Waals surface area contributed by atoms with E-state index in [0.29, 0.717) is 12.0 Å². The number of hydrogen-bond acceptors (Lipinski definition) is 1. The lowest BCUT2D eigenvalue weighted by Gasteiger charge is -2.23. The summed E-state index contributed by atoms with van der Waals surface area (Å²) < 4.78 is 14.1. The molecule has 0 fully saturated rings. The molecule has 0 saturated heterocycles. The van der Waals surface area contributed by atoms with Gasteiger partial charge in [-0.25, -0.2) is 4.39 Å². The number of nitrogens with one attached hydrogen (secondary N) is 1. The van der Waals surface area contributed by atoms with E-state index in [-0.39, 0.29) is 16.9 Å². The highest BCUT2D eigenvalue weighted by molar-refractivity contribution is 6.30. The molecule has 0 aliphatic heterocycles. The van der Waals surface area contributed by atoms with E-state index in [0.717, 1.165) is 19.4 Å². The fourth-order valence-electron chi connectivity index (χ4n) is 3.04. The first-order valence-corrected chi connectivity index (χ1v) is 8.45. The zero-order valence-electron chi connectivity index (χ0n) is 12.8. The maximum atomic E-state index is 14.1. The molecule has 116 valence electrons. The van der Waals surface area contributed by atoms with Crippen LogP contribution in [0.4, 0.5) is 4.39 Å². The highest BCUT2D eigenvalue weighted by Gasteiger charge is 2.17. The Hall–Kier alpha value is -0.860. The van der Waals surface area contributed by atoms with Crippen LogP contribution in [0.15, 0.2) is 29.8 Å². The summed E-state index contributed by atoms with van der Waals surface area (Å²) in [6, 6.07) is 5.50. The van der Waals surface area contributed by atoms with Crippen LogP contribution < -0.4 is 5.32 Å². The number of hydrogen-bond donors (Lipinski definition) is 1. The lowest BCUT2D eigenvalue weighted by Crippen LogP contribution is -2.33. The second-order valence-corrected chi connectivity index (χ2v) is 6.17. The van der Waals surface area contributed by atoms with Crippen molar-refractivity contribution in [2.75, 3.05) is 6.54 Å². The molecule has 1 atom stereocenters. The van der Waals surface area contributed by atoms with Crippen LogP contribution in [0.25, 0.3) is 0 Å². The minimum atomic E-state index is -0.270. The molecule has 1 aliphatic carbocycles. The van der Waals surface area contributed by atoms with Gasteiger partial charge in [0.1, 0.15) is 5.82 Å². The molecule has 1 aromatic carbocycles. The van der Waals surface area contributed by atoms with Gasteiger partial charge in [-0.1, -0.05) is 55.1 Å². The predicted molar refractivity (Wildman–Crippen MR) is 88.4 cm³/mol. The average molecular weight is 310 g/mol. The summed E-state index contributed by atoms with van der Waals surface area (Å²) in [7, 11) is 0. The lowest BCUT2D eigenvalue weighted by atomic mass is 9.91. The van der Waals surface area contributed by atoms with Crippen LogP contribution in [0.1, 0.15) is 51.0 Å². The zero-order valence-corrected chi connectivity index (χ0v) is 13.6. The molecule has 3 heteroatoms. The molecule has 1 aromatic rings. The topological polar surface area (TPSA) is 12.0 Å². The molecule has 1 aliphatic rings. The van der Waals surface area contributed by atoms with E-state index in [9.17, 15) is 4.39 Å². The Morgan fingerprint density at radius 1 is 1.24 bits per heavy atom. The lowest BCUT2D eigenvalue weighted by molar-refractivity contribution is 0.522. The Morgan fingerprint density at radius 3 is 2.86 bits per heavy atom. The highest BCUT2D eigenvalue weighted by Crippen LogP contribution is 2.24. The minimum Gasteiger partial charge on any atom is -0.310 e. The molecule has 0 heterocycles. The summed E-state index contributed by atoms with van der Waals surface area (Å²) >= 11 is 5.90. The Morgan fingerprint density at radius 2 is 2.05 bits per heavy atom. The van der Waals surface area contributed by atoms with Crippen molar-refractivity contribution in [3.8, 4) is 0 Å². The van der Waals surface area contributed by atoms with Gasteiger partial charge in [-0.2, -0.15) is 0 Å². The first kappa shape index (κ1) is 16.5. The number of halogens is 2. The fourth-order valence-corrected chi connectivity index (χ4v) is 3.23. The maximum absolute atomic E-state index is 14.1. The van der Waals surface area contributed by atoms with Gasteiger partial charge in [0.15, 0.2) is 0 Å². The van der Waals surface area contributed by atoms with E-state index < -0.39 is 0 Å². The first-order chi connectivity index (χ1) is 10.2. The van der Waals surface area contributed by atoms with Gasteiger partial charge in [-0.05, 0) is 50.3 Å². The van der Waals surface area contributed by atoms with E-state index in [2.05, 4.69) is 18.3 Å². The molecule has 0 radical (unpaired) electrons. The molecule has 21 heavy (non-hydrogen) atoms. The maximum Gasteiger partial charge on any atom is 0.145 e. The van der Waals surface area contributed by atoms with Crippen molar-refractivity contribution in [3.63, 3.8) is 0 Å². The van der Waals surface area contributed by atoms with Crippen molar-refractivity contribution >= 4 is 11.6 Å². The Balaban J connectivity index is 2.15. The van der Waals surface area contributed by atoms with Crippen LogP contribution in [-0.2, 0) is 6.42 Å². The van der Waals surface area contributed by atoms with Crippen molar-refractivity contribution in [1.29, 1.82) is 0 Å². The van der Waals surface area contributed by atoms with Crippen LogP contribution in [0, 0.1) is 5.82 Å². The van der Waals surface area contributed by atoms with Crippen LogP contribution in [0.5, 0.6) is 0 Å². The molecule has 0 amide bonds. The third-order valence-electron chi connectivity index (χ3n) is 4.18. The Kier molecular flexibility index (Phi) is 6.72. The minimum absolute atomic E-state index is 0.217. The second kappa shape index (κ2) is 8.55. The number of rotatable bonds is 5. The van der Waals surface area contributed by atoms with Crippen LogP contribution in [-0.4, -0.2) is 12.6 Å². The van der Waals surface area contributed by atoms with Gasteiger partial charge in [-0.3, -0.25) is 0 Å². The largest absolute Gasteiger partial charge is 0.310 e. The summed E-state index contributed by atoms with van der Waals surface area (Å²) in [5.74, 6) is -0.270. The summed E-state index contributed by atoms with van der Waals surface area (Å²) in [5, 5.41) is 3.73. The quantitative estimate of drug-likeness (QED) is 0.730. The third kappa shape index (κ3) is 4.82. The van der Waals surface area contributed by atoms with Gasteiger partial charge in [-0.15, -0.1) is 0 Å². The van der Waals surface area contributed by atoms with Crippen LogP contribution in [0.3, 0.4) is 0 Å². The SMILES string of the molecule is CCNC(Cc1cccc(Cl)c1F)/C1=C/CCCCCC1. The van der Waals surface area contributed by atoms with Gasteiger partial charge in [0.05, 0.1) is 5.02 Å². The molecule has 0 spiro atoms. The molecule has 0 aromatic heterocycles. The van der Waals surface area contributed by atoms with Crippen molar-refractivity contribution in [1.82, 2.24) is 5.32 Å². The van der Waals surface area contributed by atoms with Crippen molar-refractivity contribution in [2.24, 2.45) is 0 Å². The van der Waals surface area contributed by atoms with Gasteiger partial charge >= 0.3 is 0 Å². The molecular formula is C18H25ClFN. The van der Waals surface area contributed by atoms with Crippen LogP contribution in [0.2, 0.25) is 5.02 Å². The van der Waals surface area contributed by atoms with Gasteiger partial charge in [0.25, 0.3) is 0 Å². The second-order valence-electron chi connectivity index (χ2n) is 5.76. The number of benzene rings is 1. The molecule has 1 unspecified atom stereocenters.